The summed E-state index contributed by atoms with van der Waals surface area (Å²) in [6, 6.07) is 14.3. The number of aliphatic hydroxyl groups excluding tert-OH is 1. The average Bonchev–Trinajstić information content (AvgIpc) is 2.40. The second-order valence-electron chi connectivity index (χ2n) is 3.78. The first kappa shape index (κ1) is 12.1. The van der Waals surface area contributed by atoms with E-state index in [1.807, 2.05) is 18.2 Å². The molecule has 4 heteroatoms. The highest BCUT2D eigenvalue weighted by atomic mass is 16.5. The number of para-hydroxylation sites is 2. The Hall–Kier alpha value is -2.33. The summed E-state index contributed by atoms with van der Waals surface area (Å²) >= 11 is 0. The van der Waals surface area contributed by atoms with E-state index in [-0.39, 0.29) is 12.4 Å². The molecule has 0 atom stereocenters. The molecule has 92 valence electrons. The van der Waals surface area contributed by atoms with Gasteiger partial charge in [-0.1, -0.05) is 30.3 Å². The Labute approximate surface area is 105 Å². The lowest BCUT2D eigenvalue weighted by Gasteiger charge is -2.12. The number of aliphatic hydroxyl groups is 1. The van der Waals surface area contributed by atoms with Gasteiger partial charge < -0.3 is 15.6 Å². The minimum absolute atomic E-state index is 0.0490. The summed E-state index contributed by atoms with van der Waals surface area (Å²) in [6.07, 6.45) is 0. The molecule has 4 N–H and O–H groups in total. The predicted molar refractivity (Wildman–Crippen MR) is 69.9 cm³/mol. The first-order chi connectivity index (χ1) is 8.72. The molecule has 0 heterocycles. The van der Waals surface area contributed by atoms with Crippen LogP contribution in [-0.2, 0) is 6.61 Å². The Kier molecular flexibility index (Phi) is 3.60. The number of benzene rings is 2. The summed E-state index contributed by atoms with van der Waals surface area (Å²) in [4.78, 5) is 0. The second-order valence-corrected chi connectivity index (χ2v) is 3.78. The van der Waals surface area contributed by atoms with Gasteiger partial charge in [0.1, 0.15) is 17.3 Å². The van der Waals surface area contributed by atoms with Crippen molar-refractivity contribution >= 4 is 5.84 Å². The van der Waals surface area contributed by atoms with E-state index in [1.54, 1.807) is 30.3 Å². The van der Waals surface area contributed by atoms with Gasteiger partial charge in [0.25, 0.3) is 0 Å². The van der Waals surface area contributed by atoms with Crippen molar-refractivity contribution in [3.63, 3.8) is 0 Å². The molecule has 2 aromatic rings. The van der Waals surface area contributed by atoms with Crippen LogP contribution in [0.2, 0.25) is 0 Å². The van der Waals surface area contributed by atoms with Crippen LogP contribution in [0.4, 0.5) is 0 Å². The van der Waals surface area contributed by atoms with Gasteiger partial charge in [0.2, 0.25) is 0 Å². The van der Waals surface area contributed by atoms with E-state index >= 15 is 0 Å². The minimum atomic E-state index is -0.0988. The Morgan fingerprint density at radius 3 is 2.33 bits per heavy atom. The molecular weight excluding hydrogens is 228 g/mol. The lowest BCUT2D eigenvalue weighted by molar-refractivity contribution is 0.276. The van der Waals surface area contributed by atoms with Gasteiger partial charge >= 0.3 is 0 Å². The molecule has 0 aliphatic rings. The van der Waals surface area contributed by atoms with Gasteiger partial charge in [0, 0.05) is 5.56 Å². The number of amidine groups is 1. The van der Waals surface area contributed by atoms with Crippen LogP contribution in [0.5, 0.6) is 11.5 Å². The van der Waals surface area contributed by atoms with Crippen LogP contribution in [-0.4, -0.2) is 10.9 Å². The predicted octanol–water partition coefficient (Wildman–Crippen LogP) is 2.26. The largest absolute Gasteiger partial charge is 0.456 e. The molecule has 0 aliphatic heterocycles. The normalized spacial score (nSPS) is 10.1. The molecule has 0 fully saturated rings. The Bertz CT molecular complexity index is 567. The fourth-order valence-electron chi connectivity index (χ4n) is 1.63. The zero-order chi connectivity index (χ0) is 13.0. The Morgan fingerprint density at radius 1 is 1.06 bits per heavy atom. The molecule has 0 saturated carbocycles. The standard InChI is InChI=1S/C14H14N2O2/c15-14(16)11-6-2-4-8-13(11)18-12-7-3-1-5-10(12)9-17/h1-8,17H,9H2,(H3,15,16). The fraction of sp³-hybridized carbons (Fsp3) is 0.0714. The van der Waals surface area contributed by atoms with Gasteiger partial charge in [-0.3, -0.25) is 5.41 Å². The lowest BCUT2D eigenvalue weighted by atomic mass is 10.1. The molecule has 0 aromatic heterocycles. The number of ether oxygens (including phenoxy) is 1. The summed E-state index contributed by atoms with van der Waals surface area (Å²) in [7, 11) is 0. The van der Waals surface area contributed by atoms with Crippen LogP contribution in [0.3, 0.4) is 0 Å². The van der Waals surface area contributed by atoms with Crippen LogP contribution < -0.4 is 10.5 Å². The molecule has 0 aliphatic carbocycles. The Balaban J connectivity index is 2.37. The van der Waals surface area contributed by atoms with E-state index in [2.05, 4.69) is 0 Å². The molecule has 2 aromatic carbocycles. The third kappa shape index (κ3) is 2.49. The number of hydrogen-bond donors (Lipinski definition) is 3. The Morgan fingerprint density at radius 2 is 1.67 bits per heavy atom. The van der Waals surface area contributed by atoms with E-state index in [1.165, 1.54) is 0 Å². The maximum Gasteiger partial charge on any atom is 0.138 e. The van der Waals surface area contributed by atoms with Crippen LogP contribution in [0.1, 0.15) is 11.1 Å². The zero-order valence-corrected chi connectivity index (χ0v) is 9.76. The van der Waals surface area contributed by atoms with Crippen molar-refractivity contribution in [3.8, 4) is 11.5 Å². The molecule has 2 rings (SSSR count). The van der Waals surface area contributed by atoms with Crippen molar-refractivity contribution < 1.29 is 9.84 Å². The summed E-state index contributed by atoms with van der Waals surface area (Å²) in [5, 5.41) is 16.7. The summed E-state index contributed by atoms with van der Waals surface area (Å²) in [5.74, 6) is 1.02. The third-order valence-corrected chi connectivity index (χ3v) is 2.54. The van der Waals surface area contributed by atoms with Gasteiger partial charge in [0.05, 0.1) is 12.2 Å². The topological polar surface area (TPSA) is 79.3 Å². The highest BCUT2D eigenvalue weighted by Crippen LogP contribution is 2.27. The van der Waals surface area contributed by atoms with Gasteiger partial charge in [-0.2, -0.15) is 0 Å². The van der Waals surface area contributed by atoms with E-state index < -0.39 is 0 Å². The highest BCUT2D eigenvalue weighted by molar-refractivity contribution is 5.97. The molecule has 4 nitrogen and oxygen atoms in total. The molecule has 0 saturated heterocycles. The molecule has 0 bridgehead atoms. The molecule has 0 unspecified atom stereocenters. The minimum Gasteiger partial charge on any atom is -0.456 e. The number of rotatable bonds is 4. The van der Waals surface area contributed by atoms with Crippen LogP contribution in [0.25, 0.3) is 0 Å². The number of hydrogen-bond acceptors (Lipinski definition) is 3. The maximum absolute atomic E-state index is 9.23. The quantitative estimate of drug-likeness (QED) is 0.568. The summed E-state index contributed by atoms with van der Waals surface area (Å²) in [6.45, 7) is -0.0988. The van der Waals surface area contributed by atoms with E-state index in [0.29, 0.717) is 22.6 Å². The molecule has 0 radical (unpaired) electrons. The molecular formula is C14H14N2O2. The maximum atomic E-state index is 9.23. The van der Waals surface area contributed by atoms with Crippen molar-refractivity contribution in [1.82, 2.24) is 0 Å². The van der Waals surface area contributed by atoms with Crippen molar-refractivity contribution in [3.05, 3.63) is 59.7 Å². The van der Waals surface area contributed by atoms with E-state index in [9.17, 15) is 5.11 Å². The summed E-state index contributed by atoms with van der Waals surface area (Å²) < 4.78 is 5.71. The van der Waals surface area contributed by atoms with Gasteiger partial charge in [-0.25, -0.2) is 0 Å². The van der Waals surface area contributed by atoms with Crippen LogP contribution in [0, 0.1) is 5.41 Å². The molecule has 18 heavy (non-hydrogen) atoms. The van der Waals surface area contributed by atoms with Crippen molar-refractivity contribution in [2.24, 2.45) is 5.73 Å². The van der Waals surface area contributed by atoms with Crippen LogP contribution in [0.15, 0.2) is 48.5 Å². The average molecular weight is 242 g/mol. The van der Waals surface area contributed by atoms with Crippen molar-refractivity contribution in [2.75, 3.05) is 0 Å². The molecule has 0 amide bonds. The van der Waals surface area contributed by atoms with E-state index in [0.717, 1.165) is 0 Å². The van der Waals surface area contributed by atoms with Gasteiger partial charge in [0.15, 0.2) is 0 Å². The third-order valence-electron chi connectivity index (χ3n) is 2.54. The van der Waals surface area contributed by atoms with Gasteiger partial charge in [-0.15, -0.1) is 0 Å². The number of nitrogen functional groups attached to an aromatic ring is 1. The second kappa shape index (κ2) is 5.33. The fourth-order valence-corrected chi connectivity index (χ4v) is 1.63. The first-order valence-corrected chi connectivity index (χ1v) is 5.52. The van der Waals surface area contributed by atoms with Crippen molar-refractivity contribution in [1.29, 1.82) is 5.41 Å². The van der Waals surface area contributed by atoms with Crippen LogP contribution >= 0.6 is 0 Å². The van der Waals surface area contributed by atoms with E-state index in [4.69, 9.17) is 15.9 Å². The lowest BCUT2D eigenvalue weighted by Crippen LogP contribution is -2.12. The molecule has 0 spiro atoms. The monoisotopic (exact) mass is 242 g/mol. The summed E-state index contributed by atoms with van der Waals surface area (Å²) in [5.41, 5.74) is 6.72. The number of nitrogens with one attached hydrogen (secondary N) is 1. The SMILES string of the molecule is N=C(N)c1ccccc1Oc1ccccc1CO. The number of nitrogens with two attached hydrogens (primary N) is 1. The zero-order valence-electron chi connectivity index (χ0n) is 9.76. The highest BCUT2D eigenvalue weighted by Gasteiger charge is 2.08. The van der Waals surface area contributed by atoms with Gasteiger partial charge in [-0.05, 0) is 18.2 Å². The smallest absolute Gasteiger partial charge is 0.138 e. The van der Waals surface area contributed by atoms with Crippen molar-refractivity contribution in [2.45, 2.75) is 6.61 Å². The first-order valence-electron chi connectivity index (χ1n) is 5.52.